The van der Waals surface area contributed by atoms with Gasteiger partial charge in [0.15, 0.2) is 0 Å². The van der Waals surface area contributed by atoms with Crippen molar-refractivity contribution in [3.05, 3.63) is 105 Å². The molecule has 0 amide bonds. The summed E-state index contributed by atoms with van der Waals surface area (Å²) in [5, 5.41) is 2.58. The minimum absolute atomic E-state index is 0.153. The molecule has 2 nitrogen and oxygen atoms in total. The molecule has 3 aromatic carbocycles. The van der Waals surface area contributed by atoms with Gasteiger partial charge in [0.2, 0.25) is 0 Å². The van der Waals surface area contributed by atoms with Crippen LogP contribution >= 0.6 is 15.9 Å². The summed E-state index contributed by atoms with van der Waals surface area (Å²) in [4.78, 5) is 7.20. The summed E-state index contributed by atoms with van der Waals surface area (Å²) in [7, 11) is 0. The zero-order valence-electron chi connectivity index (χ0n) is 15.9. The fraction of sp³-hybridized carbons (Fsp3) is 0.120. The van der Waals surface area contributed by atoms with Crippen LogP contribution in [0.15, 0.2) is 77.3 Å². The van der Waals surface area contributed by atoms with Gasteiger partial charge in [0, 0.05) is 43.6 Å². The lowest BCUT2D eigenvalue weighted by molar-refractivity contribution is 0.961. The van der Waals surface area contributed by atoms with E-state index in [0.717, 1.165) is 4.47 Å². The molecule has 0 radical (unpaired) electrons. The Kier molecular flexibility index (Phi) is 4.13. The fourth-order valence-corrected chi connectivity index (χ4v) is 4.74. The third-order valence-electron chi connectivity index (χ3n) is 5.67. The molecule has 0 fully saturated rings. The van der Waals surface area contributed by atoms with Crippen LogP contribution in [0.4, 0.5) is 0 Å². The Bertz CT molecular complexity index is 1210. The topological polar surface area (TPSA) is 31.6 Å². The summed E-state index contributed by atoms with van der Waals surface area (Å²) in [6.45, 7) is 4.37. The van der Waals surface area contributed by atoms with Gasteiger partial charge < -0.3 is 9.97 Å². The van der Waals surface area contributed by atoms with Gasteiger partial charge in [0.25, 0.3) is 0 Å². The van der Waals surface area contributed by atoms with E-state index >= 15 is 0 Å². The third-order valence-corrected chi connectivity index (χ3v) is 6.20. The Balaban J connectivity index is 1.87. The molecule has 28 heavy (non-hydrogen) atoms. The van der Waals surface area contributed by atoms with E-state index in [1.54, 1.807) is 0 Å². The number of para-hydroxylation sites is 2. The Hall–Kier alpha value is -2.78. The normalized spacial score (nSPS) is 11.7. The maximum Gasteiger partial charge on any atom is 0.0459 e. The highest BCUT2D eigenvalue weighted by molar-refractivity contribution is 9.10. The van der Waals surface area contributed by atoms with E-state index in [1.165, 1.54) is 49.9 Å². The van der Waals surface area contributed by atoms with Crippen LogP contribution in [-0.2, 0) is 0 Å². The molecule has 0 aliphatic carbocycles. The lowest BCUT2D eigenvalue weighted by Crippen LogP contribution is -2.05. The number of rotatable bonds is 3. The van der Waals surface area contributed by atoms with Crippen molar-refractivity contribution in [2.24, 2.45) is 0 Å². The van der Waals surface area contributed by atoms with Crippen LogP contribution < -0.4 is 0 Å². The van der Waals surface area contributed by atoms with Crippen LogP contribution in [0.2, 0.25) is 0 Å². The molecule has 5 aromatic rings. The summed E-state index contributed by atoms with van der Waals surface area (Å²) >= 11 is 3.59. The second-order valence-corrected chi connectivity index (χ2v) is 8.32. The van der Waals surface area contributed by atoms with Crippen molar-refractivity contribution in [1.29, 1.82) is 0 Å². The van der Waals surface area contributed by atoms with E-state index in [1.807, 2.05) is 0 Å². The number of aromatic nitrogens is 2. The van der Waals surface area contributed by atoms with Gasteiger partial charge in [0.05, 0.1) is 0 Å². The first-order valence-corrected chi connectivity index (χ1v) is 10.3. The first kappa shape index (κ1) is 17.3. The number of aryl methyl sites for hydroxylation is 2. The van der Waals surface area contributed by atoms with Crippen LogP contribution in [0, 0.1) is 13.8 Å². The van der Waals surface area contributed by atoms with Gasteiger partial charge in [-0.25, -0.2) is 0 Å². The van der Waals surface area contributed by atoms with E-state index < -0.39 is 0 Å². The molecule has 0 spiro atoms. The highest BCUT2D eigenvalue weighted by Gasteiger charge is 2.26. The first-order valence-electron chi connectivity index (χ1n) is 9.53. The molecule has 0 saturated carbocycles. The molecule has 0 aliphatic rings. The smallest absolute Gasteiger partial charge is 0.0459 e. The van der Waals surface area contributed by atoms with Crippen molar-refractivity contribution in [2.75, 3.05) is 0 Å². The molecule has 3 heteroatoms. The zero-order chi connectivity index (χ0) is 19.3. The number of hydrogen-bond acceptors (Lipinski definition) is 0. The van der Waals surface area contributed by atoms with E-state index in [-0.39, 0.29) is 5.92 Å². The maximum atomic E-state index is 3.60. The van der Waals surface area contributed by atoms with Crippen LogP contribution in [0.3, 0.4) is 0 Å². The van der Waals surface area contributed by atoms with Crippen LogP contribution in [0.25, 0.3) is 21.8 Å². The number of hydrogen-bond donors (Lipinski definition) is 2. The van der Waals surface area contributed by atoms with Gasteiger partial charge >= 0.3 is 0 Å². The fourth-order valence-electron chi connectivity index (χ4n) is 4.47. The van der Waals surface area contributed by atoms with Crippen molar-refractivity contribution in [1.82, 2.24) is 9.97 Å². The van der Waals surface area contributed by atoms with E-state index in [9.17, 15) is 0 Å². The largest absolute Gasteiger partial charge is 0.358 e. The molecular weight excluding hydrogens is 408 g/mol. The maximum absolute atomic E-state index is 3.60. The Morgan fingerprint density at radius 3 is 1.61 bits per heavy atom. The molecule has 0 aliphatic heterocycles. The third kappa shape index (κ3) is 2.70. The molecule has 0 atom stereocenters. The molecule has 2 aromatic heterocycles. The number of H-pyrrole nitrogens is 2. The van der Waals surface area contributed by atoms with Crippen molar-refractivity contribution >= 4 is 37.7 Å². The van der Waals surface area contributed by atoms with Gasteiger partial charge in [-0.3, -0.25) is 0 Å². The average molecular weight is 429 g/mol. The van der Waals surface area contributed by atoms with Gasteiger partial charge in [-0.15, -0.1) is 0 Å². The van der Waals surface area contributed by atoms with Crippen LogP contribution in [0.5, 0.6) is 0 Å². The van der Waals surface area contributed by atoms with E-state index in [0.29, 0.717) is 0 Å². The summed E-state index contributed by atoms with van der Waals surface area (Å²) < 4.78 is 1.10. The summed E-state index contributed by atoms with van der Waals surface area (Å²) in [5.41, 5.74) is 8.82. The Labute approximate surface area is 172 Å². The predicted molar refractivity (Wildman–Crippen MR) is 121 cm³/mol. The first-order chi connectivity index (χ1) is 13.6. The molecule has 0 unspecified atom stereocenters. The van der Waals surface area contributed by atoms with Crippen LogP contribution in [0.1, 0.15) is 34.0 Å². The second-order valence-electron chi connectivity index (χ2n) is 7.40. The standard InChI is InChI=1S/C25H21BrN2/c1-15-23(19-7-3-5-9-21(19)27-15)25(17-11-13-18(26)14-12-17)24-16(2)28-22-10-6-4-8-20(22)24/h3-14,25,27-28H,1-2H3. The minimum atomic E-state index is 0.153. The SMILES string of the molecule is Cc1[nH]c2ccccc2c1C(c1ccc(Br)cc1)c1c(C)[nH]c2ccccc12. The van der Waals surface area contributed by atoms with Crippen molar-refractivity contribution in [3.63, 3.8) is 0 Å². The van der Waals surface area contributed by atoms with Crippen molar-refractivity contribution in [3.8, 4) is 0 Å². The van der Waals surface area contributed by atoms with Crippen molar-refractivity contribution in [2.45, 2.75) is 19.8 Å². The average Bonchev–Trinajstić information content (AvgIpc) is 3.20. The highest BCUT2D eigenvalue weighted by Crippen LogP contribution is 2.42. The number of fused-ring (bicyclic) bond motifs is 2. The summed E-state index contributed by atoms with van der Waals surface area (Å²) in [6, 6.07) is 25.9. The van der Waals surface area contributed by atoms with E-state index in [4.69, 9.17) is 0 Å². The van der Waals surface area contributed by atoms with Crippen molar-refractivity contribution < 1.29 is 0 Å². The molecule has 0 saturated heterocycles. The monoisotopic (exact) mass is 428 g/mol. The Morgan fingerprint density at radius 1 is 0.643 bits per heavy atom. The summed E-state index contributed by atoms with van der Waals surface area (Å²) in [6.07, 6.45) is 0. The molecular formula is C25H21BrN2. The van der Waals surface area contributed by atoms with E-state index in [2.05, 4.69) is 113 Å². The number of aromatic amines is 2. The highest BCUT2D eigenvalue weighted by atomic mass is 79.9. The van der Waals surface area contributed by atoms with Gasteiger partial charge in [-0.05, 0) is 54.8 Å². The van der Waals surface area contributed by atoms with Gasteiger partial charge in [0.1, 0.15) is 0 Å². The quantitative estimate of drug-likeness (QED) is 0.304. The molecule has 2 N–H and O–H groups in total. The molecule has 2 heterocycles. The number of benzene rings is 3. The van der Waals surface area contributed by atoms with Gasteiger partial charge in [-0.1, -0.05) is 64.5 Å². The lowest BCUT2D eigenvalue weighted by Gasteiger charge is -2.20. The zero-order valence-corrected chi connectivity index (χ0v) is 17.5. The molecule has 138 valence electrons. The Morgan fingerprint density at radius 2 is 1.11 bits per heavy atom. The van der Waals surface area contributed by atoms with Gasteiger partial charge in [-0.2, -0.15) is 0 Å². The number of halogens is 1. The predicted octanol–water partition coefficient (Wildman–Crippen LogP) is 7.21. The molecule has 5 rings (SSSR count). The van der Waals surface area contributed by atoms with Crippen LogP contribution in [-0.4, -0.2) is 9.97 Å². The second kappa shape index (κ2) is 6.68. The number of nitrogens with one attached hydrogen (secondary N) is 2. The lowest BCUT2D eigenvalue weighted by atomic mass is 9.82. The minimum Gasteiger partial charge on any atom is -0.358 e. The summed E-state index contributed by atoms with van der Waals surface area (Å²) in [5.74, 6) is 0.153. The molecule has 0 bridgehead atoms.